The standard InChI is InChI=1S/C27H24FN3O4/c28-18-8-6-16(7-9-18)14-21(24(32)26-25(33)23-22(35-26)11-13-30-23)31-27(34)20-15-29-12-10-19(20)17-4-2-1-3-5-17/h1-10,12,15,21-23,26,30H,11,13-14H2,(H,31,34). The Hall–Kier alpha value is -3.75. The van der Waals surface area contributed by atoms with Crippen LogP contribution in [0, 0.1) is 5.82 Å². The summed E-state index contributed by atoms with van der Waals surface area (Å²) in [5, 5.41) is 5.87. The van der Waals surface area contributed by atoms with E-state index in [-0.39, 0.29) is 18.3 Å². The van der Waals surface area contributed by atoms with Gasteiger partial charge in [-0.25, -0.2) is 4.39 Å². The van der Waals surface area contributed by atoms with Gasteiger partial charge in [-0.05, 0) is 54.3 Å². The normalized spacial score (nSPS) is 22.0. The Morgan fingerprint density at radius 2 is 1.89 bits per heavy atom. The number of benzene rings is 2. The van der Waals surface area contributed by atoms with Crippen LogP contribution in [0.4, 0.5) is 4.39 Å². The molecule has 2 aliphatic heterocycles. The first kappa shape index (κ1) is 23.0. The lowest BCUT2D eigenvalue weighted by Gasteiger charge is -2.21. The third kappa shape index (κ3) is 4.76. The molecule has 0 saturated carbocycles. The Bertz CT molecular complexity index is 1250. The summed E-state index contributed by atoms with van der Waals surface area (Å²) in [6.45, 7) is 0.654. The Labute approximate surface area is 201 Å². The summed E-state index contributed by atoms with van der Waals surface area (Å²) in [7, 11) is 0. The number of pyridine rings is 1. The number of carbonyl (C=O) groups is 3. The van der Waals surface area contributed by atoms with Gasteiger partial charge in [0.1, 0.15) is 5.82 Å². The highest BCUT2D eigenvalue weighted by Gasteiger charge is 2.50. The topological polar surface area (TPSA) is 97.4 Å². The highest BCUT2D eigenvalue weighted by molar-refractivity contribution is 6.12. The van der Waals surface area contributed by atoms with Gasteiger partial charge in [0.25, 0.3) is 5.91 Å². The highest BCUT2D eigenvalue weighted by atomic mass is 19.1. The lowest BCUT2D eigenvalue weighted by molar-refractivity contribution is -0.138. The second-order valence-electron chi connectivity index (χ2n) is 8.72. The van der Waals surface area contributed by atoms with Crippen molar-refractivity contribution in [2.45, 2.75) is 37.1 Å². The van der Waals surface area contributed by atoms with Crippen molar-refractivity contribution >= 4 is 17.5 Å². The molecule has 0 radical (unpaired) electrons. The van der Waals surface area contributed by atoms with Crippen molar-refractivity contribution in [3.8, 4) is 11.1 Å². The summed E-state index contributed by atoms with van der Waals surface area (Å²) in [4.78, 5) is 43.8. The second kappa shape index (κ2) is 9.85. The fourth-order valence-electron chi connectivity index (χ4n) is 4.66. The number of halogens is 1. The number of nitrogens with zero attached hydrogens (tertiary/aromatic N) is 1. The van der Waals surface area contributed by atoms with Gasteiger partial charge in [0.05, 0.1) is 23.8 Å². The molecule has 4 unspecified atom stereocenters. The fourth-order valence-corrected chi connectivity index (χ4v) is 4.66. The van der Waals surface area contributed by atoms with Crippen LogP contribution >= 0.6 is 0 Å². The molecule has 2 N–H and O–H groups in total. The molecule has 178 valence electrons. The van der Waals surface area contributed by atoms with Crippen LogP contribution in [0.2, 0.25) is 0 Å². The average Bonchev–Trinajstić information content (AvgIpc) is 3.48. The molecule has 2 saturated heterocycles. The third-order valence-corrected chi connectivity index (χ3v) is 6.45. The molecule has 2 fully saturated rings. The Morgan fingerprint density at radius 1 is 1.11 bits per heavy atom. The minimum atomic E-state index is -1.26. The van der Waals surface area contributed by atoms with Crippen LogP contribution in [0.5, 0.6) is 0 Å². The van der Waals surface area contributed by atoms with E-state index in [1.54, 1.807) is 24.4 Å². The smallest absolute Gasteiger partial charge is 0.254 e. The number of amides is 1. The lowest BCUT2D eigenvalue weighted by Crippen LogP contribution is -2.49. The van der Waals surface area contributed by atoms with Crippen LogP contribution in [-0.4, -0.2) is 53.3 Å². The summed E-state index contributed by atoms with van der Waals surface area (Å²) in [5.74, 6) is -1.74. The summed E-state index contributed by atoms with van der Waals surface area (Å²) in [5.41, 5.74) is 2.43. The molecular weight excluding hydrogens is 449 g/mol. The van der Waals surface area contributed by atoms with Crippen molar-refractivity contribution in [1.29, 1.82) is 0 Å². The van der Waals surface area contributed by atoms with Crippen LogP contribution in [0.1, 0.15) is 22.3 Å². The number of nitrogens with one attached hydrogen (secondary N) is 2. The fraction of sp³-hybridized carbons (Fsp3) is 0.259. The van der Waals surface area contributed by atoms with E-state index in [9.17, 15) is 18.8 Å². The number of ether oxygens (including phenoxy) is 1. The third-order valence-electron chi connectivity index (χ3n) is 6.45. The number of fused-ring (bicyclic) bond motifs is 1. The molecule has 2 aromatic carbocycles. The van der Waals surface area contributed by atoms with Crippen LogP contribution in [-0.2, 0) is 20.7 Å². The van der Waals surface area contributed by atoms with Gasteiger partial charge < -0.3 is 15.4 Å². The molecule has 1 aromatic heterocycles. The van der Waals surface area contributed by atoms with E-state index in [0.717, 1.165) is 5.56 Å². The van der Waals surface area contributed by atoms with Crippen LogP contribution in [0.15, 0.2) is 73.1 Å². The van der Waals surface area contributed by atoms with Gasteiger partial charge >= 0.3 is 0 Å². The molecule has 3 heterocycles. The molecule has 5 rings (SSSR count). The molecule has 0 aliphatic carbocycles. The number of ketones is 2. The van der Waals surface area contributed by atoms with Gasteiger partial charge in [-0.1, -0.05) is 42.5 Å². The maximum Gasteiger partial charge on any atom is 0.254 e. The summed E-state index contributed by atoms with van der Waals surface area (Å²) in [6.07, 6.45) is 2.17. The number of Topliss-reactive ketones (excluding diaryl/α,β-unsaturated/α-hetero) is 2. The van der Waals surface area contributed by atoms with E-state index >= 15 is 0 Å². The summed E-state index contributed by atoms with van der Waals surface area (Å²) < 4.78 is 19.2. The van der Waals surface area contributed by atoms with Gasteiger partial charge in [0.15, 0.2) is 17.7 Å². The van der Waals surface area contributed by atoms with Crippen molar-refractivity contribution in [3.05, 3.63) is 90.0 Å². The van der Waals surface area contributed by atoms with Gasteiger partial charge in [0.2, 0.25) is 0 Å². The summed E-state index contributed by atoms with van der Waals surface area (Å²) in [6, 6.07) is 15.2. The minimum absolute atomic E-state index is 0.0850. The molecule has 1 amide bonds. The molecular formula is C27H24FN3O4. The van der Waals surface area contributed by atoms with Crippen LogP contribution in [0.3, 0.4) is 0 Å². The Balaban J connectivity index is 1.42. The van der Waals surface area contributed by atoms with Crippen molar-refractivity contribution in [2.24, 2.45) is 0 Å². The molecule has 0 bridgehead atoms. The van der Waals surface area contributed by atoms with E-state index in [1.165, 1.54) is 18.3 Å². The Kier molecular flexibility index (Phi) is 6.48. The maximum absolute atomic E-state index is 13.5. The largest absolute Gasteiger partial charge is 0.357 e. The van der Waals surface area contributed by atoms with Crippen LogP contribution in [0.25, 0.3) is 11.1 Å². The summed E-state index contributed by atoms with van der Waals surface area (Å²) >= 11 is 0. The quantitative estimate of drug-likeness (QED) is 0.512. The van der Waals surface area contributed by atoms with Gasteiger partial charge in [0, 0.05) is 12.4 Å². The van der Waals surface area contributed by atoms with Crippen molar-refractivity contribution < 1.29 is 23.5 Å². The lowest BCUT2D eigenvalue weighted by atomic mass is 9.95. The zero-order valence-electron chi connectivity index (χ0n) is 18.8. The van der Waals surface area contributed by atoms with Gasteiger partial charge in [-0.2, -0.15) is 0 Å². The highest BCUT2D eigenvalue weighted by Crippen LogP contribution is 2.26. The first-order valence-electron chi connectivity index (χ1n) is 11.5. The molecule has 3 aromatic rings. The van der Waals surface area contributed by atoms with E-state index in [0.29, 0.717) is 29.7 Å². The van der Waals surface area contributed by atoms with E-state index in [2.05, 4.69) is 15.6 Å². The number of aromatic nitrogens is 1. The number of hydrogen-bond donors (Lipinski definition) is 2. The average molecular weight is 474 g/mol. The number of hydrogen-bond acceptors (Lipinski definition) is 6. The zero-order valence-corrected chi connectivity index (χ0v) is 18.8. The zero-order chi connectivity index (χ0) is 24.4. The SMILES string of the molecule is O=C(NC(Cc1ccc(F)cc1)C(=O)C1OC2CCNC2C1=O)c1cnccc1-c1ccccc1. The molecule has 4 atom stereocenters. The van der Waals surface area contributed by atoms with E-state index in [4.69, 9.17) is 4.74 Å². The molecule has 7 nitrogen and oxygen atoms in total. The molecule has 2 aliphatic rings. The molecule has 8 heteroatoms. The minimum Gasteiger partial charge on any atom is -0.357 e. The number of rotatable bonds is 7. The first-order chi connectivity index (χ1) is 17.0. The first-order valence-corrected chi connectivity index (χ1v) is 11.5. The van der Waals surface area contributed by atoms with Crippen molar-refractivity contribution in [2.75, 3.05) is 6.54 Å². The van der Waals surface area contributed by atoms with Gasteiger partial charge in [-0.3, -0.25) is 19.4 Å². The van der Waals surface area contributed by atoms with Crippen molar-refractivity contribution in [3.63, 3.8) is 0 Å². The van der Waals surface area contributed by atoms with Crippen molar-refractivity contribution in [1.82, 2.24) is 15.6 Å². The molecule has 35 heavy (non-hydrogen) atoms. The maximum atomic E-state index is 13.5. The molecule has 0 spiro atoms. The Morgan fingerprint density at radius 3 is 2.63 bits per heavy atom. The second-order valence-corrected chi connectivity index (χ2v) is 8.72. The number of carbonyl (C=O) groups excluding carboxylic acids is 3. The van der Waals surface area contributed by atoms with Gasteiger partial charge in [-0.15, -0.1) is 0 Å². The monoisotopic (exact) mass is 473 g/mol. The predicted octanol–water partition coefficient (Wildman–Crippen LogP) is 2.50. The van der Waals surface area contributed by atoms with E-state index < -0.39 is 35.7 Å². The predicted molar refractivity (Wildman–Crippen MR) is 126 cm³/mol. The van der Waals surface area contributed by atoms with Crippen LogP contribution < -0.4 is 10.6 Å². The van der Waals surface area contributed by atoms with E-state index in [1.807, 2.05) is 30.3 Å².